The van der Waals surface area contributed by atoms with Crippen molar-refractivity contribution < 1.29 is 4.74 Å². The summed E-state index contributed by atoms with van der Waals surface area (Å²) in [6.07, 6.45) is 5.28. The van der Waals surface area contributed by atoms with Crippen LogP contribution in [0.1, 0.15) is 12.8 Å². The maximum Gasteiger partial charge on any atom is 0.126 e. The first kappa shape index (κ1) is 11.9. The van der Waals surface area contributed by atoms with Crippen molar-refractivity contribution >= 4 is 20.8 Å². The van der Waals surface area contributed by atoms with E-state index in [0.29, 0.717) is 0 Å². The van der Waals surface area contributed by atoms with E-state index in [-0.39, 0.29) is 0 Å². The number of ether oxygens (including phenoxy) is 1. The van der Waals surface area contributed by atoms with Gasteiger partial charge < -0.3 is 4.74 Å². The Kier molecular flexibility index (Phi) is 2.98. The van der Waals surface area contributed by atoms with E-state index in [1.165, 1.54) is 35.1 Å². The molecule has 3 rings (SSSR count). The third-order valence-corrected chi connectivity index (χ3v) is 7.83. The van der Waals surface area contributed by atoms with E-state index in [2.05, 4.69) is 42.7 Å². The molecule has 1 fully saturated rings. The van der Waals surface area contributed by atoms with Gasteiger partial charge in [-0.2, -0.15) is 0 Å². The minimum Gasteiger partial charge on any atom is -0.496 e. The topological polar surface area (TPSA) is 9.23 Å². The molecule has 18 heavy (non-hydrogen) atoms. The Hall–Kier alpha value is -1.15. The van der Waals surface area contributed by atoms with E-state index in [9.17, 15) is 0 Å². The van der Waals surface area contributed by atoms with Gasteiger partial charge in [-0.1, -0.05) is 24.3 Å². The Morgan fingerprint density at radius 3 is 2.28 bits per heavy atom. The van der Waals surface area contributed by atoms with Gasteiger partial charge in [0.05, 0.1) is 7.11 Å². The molecular weight excluding hydrogens is 240 g/mol. The first-order valence-electron chi connectivity index (χ1n) is 6.54. The van der Waals surface area contributed by atoms with Crippen molar-refractivity contribution in [1.29, 1.82) is 0 Å². The normalized spacial score (nSPS) is 19.9. The van der Waals surface area contributed by atoms with E-state index >= 15 is 0 Å². The standard InChI is InChI=1S/C16H20OS/c1-17-15-9-10-16(18(2)11-5-6-12-18)14-8-4-3-7-13(14)15/h3-4,7-10H,5-6,11-12H2,1-2H3. The summed E-state index contributed by atoms with van der Waals surface area (Å²) in [5.41, 5.74) is 0. The maximum atomic E-state index is 5.49. The highest BCUT2D eigenvalue weighted by atomic mass is 32.3. The molecule has 0 unspecified atom stereocenters. The largest absolute Gasteiger partial charge is 0.496 e. The molecule has 2 heteroatoms. The van der Waals surface area contributed by atoms with Gasteiger partial charge in [0.25, 0.3) is 0 Å². The quantitative estimate of drug-likeness (QED) is 0.776. The fourth-order valence-electron chi connectivity index (χ4n) is 3.01. The SMILES string of the molecule is COc1ccc(S2(C)CCCC2)c2ccccc12. The van der Waals surface area contributed by atoms with Crippen LogP contribution in [0.15, 0.2) is 41.3 Å². The van der Waals surface area contributed by atoms with E-state index in [1.807, 2.05) is 0 Å². The first-order chi connectivity index (χ1) is 8.74. The number of methoxy groups -OCH3 is 1. The molecule has 2 aromatic rings. The van der Waals surface area contributed by atoms with Crippen LogP contribution >= 0.6 is 10.0 Å². The molecule has 0 aromatic heterocycles. The first-order valence-corrected chi connectivity index (χ1v) is 8.92. The number of fused-ring (bicyclic) bond motifs is 1. The Balaban J connectivity index is 2.25. The molecule has 0 radical (unpaired) electrons. The Morgan fingerprint density at radius 2 is 1.61 bits per heavy atom. The Labute approximate surface area is 110 Å². The third kappa shape index (κ3) is 1.79. The zero-order chi connectivity index (χ0) is 12.6. The molecule has 0 spiro atoms. The summed E-state index contributed by atoms with van der Waals surface area (Å²) in [5, 5.41) is 2.66. The van der Waals surface area contributed by atoms with Crippen LogP contribution in [0, 0.1) is 0 Å². The lowest BCUT2D eigenvalue weighted by atomic mass is 10.1. The molecule has 0 atom stereocenters. The molecule has 0 aliphatic carbocycles. The van der Waals surface area contributed by atoms with E-state index in [4.69, 9.17) is 4.74 Å². The number of hydrogen-bond acceptors (Lipinski definition) is 1. The van der Waals surface area contributed by atoms with Crippen molar-refractivity contribution in [2.24, 2.45) is 0 Å². The molecule has 1 nitrogen and oxygen atoms in total. The van der Waals surface area contributed by atoms with Gasteiger partial charge in [0.1, 0.15) is 5.75 Å². The smallest absolute Gasteiger partial charge is 0.126 e. The molecule has 0 bridgehead atoms. The summed E-state index contributed by atoms with van der Waals surface area (Å²) in [6, 6.07) is 13.1. The highest BCUT2D eigenvalue weighted by Gasteiger charge is 2.27. The lowest BCUT2D eigenvalue weighted by Gasteiger charge is -2.32. The zero-order valence-electron chi connectivity index (χ0n) is 11.1. The predicted octanol–water partition coefficient (Wildman–Crippen LogP) is 4.44. The maximum absolute atomic E-state index is 5.49. The molecule has 1 heterocycles. The van der Waals surface area contributed by atoms with Crippen LogP contribution in [0.5, 0.6) is 5.75 Å². The molecule has 1 aliphatic rings. The second kappa shape index (κ2) is 4.51. The van der Waals surface area contributed by atoms with E-state index in [1.54, 1.807) is 12.0 Å². The lowest BCUT2D eigenvalue weighted by molar-refractivity contribution is 0.419. The molecular formula is C16H20OS. The minimum absolute atomic E-state index is 0.590. The highest BCUT2D eigenvalue weighted by molar-refractivity contribution is 8.33. The average molecular weight is 260 g/mol. The van der Waals surface area contributed by atoms with Crippen molar-refractivity contribution in [2.45, 2.75) is 17.7 Å². The van der Waals surface area contributed by atoms with Crippen LogP contribution < -0.4 is 4.74 Å². The van der Waals surface area contributed by atoms with Crippen LogP contribution in [0.4, 0.5) is 0 Å². The molecule has 0 N–H and O–H groups in total. The van der Waals surface area contributed by atoms with Gasteiger partial charge in [-0.3, -0.25) is 0 Å². The van der Waals surface area contributed by atoms with Gasteiger partial charge in [0, 0.05) is 5.39 Å². The fourth-order valence-corrected chi connectivity index (χ4v) is 6.45. The summed E-state index contributed by atoms with van der Waals surface area (Å²) in [7, 11) is 1.17. The fraction of sp³-hybridized carbons (Fsp3) is 0.375. The van der Waals surface area contributed by atoms with Gasteiger partial charge in [0.2, 0.25) is 0 Å². The monoisotopic (exact) mass is 260 g/mol. The van der Waals surface area contributed by atoms with Crippen molar-refractivity contribution in [2.75, 3.05) is 24.9 Å². The summed E-state index contributed by atoms with van der Waals surface area (Å²) in [6.45, 7) is 0. The average Bonchev–Trinajstić information content (AvgIpc) is 2.85. The predicted molar refractivity (Wildman–Crippen MR) is 81.2 cm³/mol. The minimum atomic E-state index is -0.590. The highest BCUT2D eigenvalue weighted by Crippen LogP contribution is 2.59. The van der Waals surface area contributed by atoms with E-state index < -0.39 is 10.0 Å². The molecule has 1 saturated heterocycles. The third-order valence-electron chi connectivity index (χ3n) is 4.03. The van der Waals surface area contributed by atoms with Crippen molar-refractivity contribution in [1.82, 2.24) is 0 Å². The molecule has 0 saturated carbocycles. The summed E-state index contributed by atoms with van der Waals surface area (Å²) >= 11 is 0. The zero-order valence-corrected chi connectivity index (χ0v) is 11.9. The van der Waals surface area contributed by atoms with Gasteiger partial charge in [-0.15, -0.1) is 0 Å². The van der Waals surface area contributed by atoms with Crippen LogP contribution in [-0.4, -0.2) is 24.9 Å². The Morgan fingerprint density at radius 1 is 0.944 bits per heavy atom. The van der Waals surface area contributed by atoms with Crippen LogP contribution in [0.2, 0.25) is 0 Å². The van der Waals surface area contributed by atoms with Crippen LogP contribution in [-0.2, 0) is 0 Å². The van der Waals surface area contributed by atoms with Gasteiger partial charge in [-0.25, -0.2) is 10.0 Å². The van der Waals surface area contributed by atoms with Crippen molar-refractivity contribution in [3.05, 3.63) is 36.4 Å². The van der Waals surface area contributed by atoms with Gasteiger partial charge in [0.15, 0.2) is 0 Å². The van der Waals surface area contributed by atoms with Gasteiger partial charge >= 0.3 is 0 Å². The summed E-state index contributed by atoms with van der Waals surface area (Å²) < 4.78 is 5.49. The van der Waals surface area contributed by atoms with Crippen LogP contribution in [0.25, 0.3) is 10.8 Å². The van der Waals surface area contributed by atoms with Crippen LogP contribution in [0.3, 0.4) is 0 Å². The number of benzene rings is 2. The molecule has 96 valence electrons. The Bertz CT molecular complexity index is 570. The molecule has 1 aliphatic heterocycles. The lowest BCUT2D eigenvalue weighted by Crippen LogP contribution is -2.01. The number of rotatable bonds is 2. The summed E-state index contributed by atoms with van der Waals surface area (Å²) in [4.78, 5) is 1.58. The second-order valence-electron chi connectivity index (χ2n) is 5.20. The van der Waals surface area contributed by atoms with E-state index in [0.717, 1.165) is 5.75 Å². The molecule has 0 amide bonds. The van der Waals surface area contributed by atoms with Gasteiger partial charge in [-0.05, 0) is 53.0 Å². The summed E-state index contributed by atoms with van der Waals surface area (Å²) in [5.74, 6) is 3.78. The molecule has 2 aromatic carbocycles. The van der Waals surface area contributed by atoms with Crippen molar-refractivity contribution in [3.63, 3.8) is 0 Å². The second-order valence-corrected chi connectivity index (χ2v) is 9.01. The number of hydrogen-bond donors (Lipinski definition) is 0. The van der Waals surface area contributed by atoms with Crippen molar-refractivity contribution in [3.8, 4) is 5.75 Å².